The first kappa shape index (κ1) is 15.6. The van der Waals surface area contributed by atoms with Gasteiger partial charge in [0.15, 0.2) is 0 Å². The van der Waals surface area contributed by atoms with Crippen molar-refractivity contribution >= 4 is 23.5 Å². The smallest absolute Gasteiger partial charge is 0.329 e. The number of rotatable bonds is 4. The summed E-state index contributed by atoms with van der Waals surface area (Å²) >= 11 is 0. The number of carbonyl (C=O) groups is 3. The van der Waals surface area contributed by atoms with E-state index in [1.54, 1.807) is 0 Å². The van der Waals surface area contributed by atoms with Gasteiger partial charge in [0.05, 0.1) is 18.5 Å². The number of carbonyl (C=O) groups excluding carboxylic acids is 3. The van der Waals surface area contributed by atoms with Crippen molar-refractivity contribution in [3.05, 3.63) is 39.9 Å². The Balaban J connectivity index is 2.11. The van der Waals surface area contributed by atoms with Gasteiger partial charge >= 0.3 is 5.97 Å². The highest BCUT2D eigenvalue weighted by Gasteiger charge is 2.40. The molecule has 2 amide bonds. The highest BCUT2D eigenvalue weighted by Crippen LogP contribution is 2.21. The van der Waals surface area contributed by atoms with Crippen molar-refractivity contribution in [1.82, 2.24) is 4.90 Å². The van der Waals surface area contributed by atoms with Crippen molar-refractivity contribution in [3.8, 4) is 0 Å². The number of likely N-dealkylation sites (tertiary alicyclic amines) is 1. The monoisotopic (exact) mass is 306 g/mol. The maximum atomic E-state index is 12.2. The van der Waals surface area contributed by atoms with E-state index < -0.39 is 28.7 Å². The zero-order valence-corrected chi connectivity index (χ0v) is 11.9. The van der Waals surface area contributed by atoms with Crippen LogP contribution in [0.1, 0.15) is 18.4 Å². The van der Waals surface area contributed by atoms with E-state index in [-0.39, 0.29) is 24.9 Å². The number of non-ortho nitro benzene ring substituents is 1. The number of hydrogen-bond donors (Lipinski definition) is 0. The Morgan fingerprint density at radius 2 is 2.00 bits per heavy atom. The third kappa shape index (κ3) is 3.11. The SMILES string of the molecule is COC(=O)C1CCC(=O)N1C(=O)Cc1ccc([N+](=O)[O-])cc1. The van der Waals surface area contributed by atoms with Gasteiger partial charge in [0.2, 0.25) is 11.8 Å². The van der Waals surface area contributed by atoms with E-state index in [1.165, 1.54) is 31.4 Å². The molecule has 2 rings (SSSR count). The molecule has 0 N–H and O–H groups in total. The minimum Gasteiger partial charge on any atom is -0.467 e. The van der Waals surface area contributed by atoms with Gasteiger partial charge in [0.1, 0.15) is 6.04 Å². The molecule has 1 saturated heterocycles. The molecule has 116 valence electrons. The predicted molar refractivity (Wildman–Crippen MR) is 73.7 cm³/mol. The summed E-state index contributed by atoms with van der Waals surface area (Å²) in [6.45, 7) is 0. The van der Waals surface area contributed by atoms with Crippen LogP contribution in [0.15, 0.2) is 24.3 Å². The topological polar surface area (TPSA) is 107 Å². The molecule has 0 saturated carbocycles. The number of benzene rings is 1. The van der Waals surface area contributed by atoms with E-state index in [0.717, 1.165) is 4.90 Å². The largest absolute Gasteiger partial charge is 0.467 e. The molecule has 1 atom stereocenters. The van der Waals surface area contributed by atoms with Gasteiger partial charge in [0, 0.05) is 18.6 Å². The number of hydrogen-bond acceptors (Lipinski definition) is 6. The lowest BCUT2D eigenvalue weighted by Gasteiger charge is -2.20. The number of esters is 1. The van der Waals surface area contributed by atoms with Crippen LogP contribution in [-0.2, 0) is 25.5 Å². The molecule has 1 heterocycles. The van der Waals surface area contributed by atoms with E-state index >= 15 is 0 Å². The van der Waals surface area contributed by atoms with E-state index in [9.17, 15) is 24.5 Å². The molecule has 1 aromatic rings. The third-order valence-electron chi connectivity index (χ3n) is 3.46. The number of nitro benzene ring substituents is 1. The molecule has 0 spiro atoms. The van der Waals surface area contributed by atoms with E-state index in [2.05, 4.69) is 4.74 Å². The van der Waals surface area contributed by atoms with Crippen LogP contribution >= 0.6 is 0 Å². The number of ether oxygens (including phenoxy) is 1. The summed E-state index contributed by atoms with van der Waals surface area (Å²) in [4.78, 5) is 46.6. The average Bonchev–Trinajstić information content (AvgIpc) is 2.88. The van der Waals surface area contributed by atoms with Gasteiger partial charge in [-0.1, -0.05) is 12.1 Å². The van der Waals surface area contributed by atoms with Crippen molar-refractivity contribution in [2.45, 2.75) is 25.3 Å². The quantitative estimate of drug-likeness (QED) is 0.463. The number of methoxy groups -OCH3 is 1. The first-order valence-corrected chi connectivity index (χ1v) is 6.60. The van der Waals surface area contributed by atoms with Crippen molar-refractivity contribution in [2.75, 3.05) is 7.11 Å². The summed E-state index contributed by atoms with van der Waals surface area (Å²) in [6, 6.07) is 4.58. The number of nitro groups is 1. The highest BCUT2D eigenvalue weighted by atomic mass is 16.6. The lowest BCUT2D eigenvalue weighted by molar-refractivity contribution is -0.384. The zero-order valence-electron chi connectivity index (χ0n) is 11.9. The van der Waals surface area contributed by atoms with Crippen molar-refractivity contribution < 1.29 is 24.0 Å². The Kier molecular flexibility index (Phi) is 4.50. The first-order chi connectivity index (χ1) is 10.4. The number of amides is 2. The average molecular weight is 306 g/mol. The van der Waals surface area contributed by atoms with Gasteiger partial charge < -0.3 is 4.74 Å². The van der Waals surface area contributed by atoms with Gasteiger partial charge in [0.25, 0.3) is 5.69 Å². The summed E-state index contributed by atoms with van der Waals surface area (Å²) in [5.74, 6) is -1.56. The maximum absolute atomic E-state index is 12.2. The molecular formula is C14H14N2O6. The van der Waals surface area contributed by atoms with Crippen LogP contribution in [0.2, 0.25) is 0 Å². The molecule has 0 bridgehead atoms. The van der Waals surface area contributed by atoms with E-state index in [4.69, 9.17) is 0 Å². The van der Waals surface area contributed by atoms with E-state index in [1.807, 2.05) is 0 Å². The summed E-state index contributed by atoms with van der Waals surface area (Å²) in [5, 5.41) is 10.6. The molecule has 1 aliphatic heterocycles. The van der Waals surface area contributed by atoms with Crippen molar-refractivity contribution in [1.29, 1.82) is 0 Å². The minimum absolute atomic E-state index is 0.0825. The Labute approximate surface area is 125 Å². The third-order valence-corrected chi connectivity index (χ3v) is 3.46. The summed E-state index contributed by atoms with van der Waals surface area (Å²) < 4.78 is 4.60. The molecular weight excluding hydrogens is 292 g/mol. The molecule has 0 aromatic heterocycles. The Morgan fingerprint density at radius 1 is 1.36 bits per heavy atom. The van der Waals surface area contributed by atoms with Gasteiger partial charge in [-0.05, 0) is 12.0 Å². The van der Waals surface area contributed by atoms with Crippen LogP contribution in [0.25, 0.3) is 0 Å². The second-order valence-electron chi connectivity index (χ2n) is 4.84. The van der Waals surface area contributed by atoms with Gasteiger partial charge in [-0.3, -0.25) is 24.6 Å². The molecule has 1 aliphatic rings. The fourth-order valence-corrected chi connectivity index (χ4v) is 2.35. The first-order valence-electron chi connectivity index (χ1n) is 6.60. The molecule has 0 aliphatic carbocycles. The van der Waals surface area contributed by atoms with Crippen LogP contribution in [0.5, 0.6) is 0 Å². The molecule has 8 heteroatoms. The molecule has 1 unspecified atom stereocenters. The summed E-state index contributed by atoms with van der Waals surface area (Å²) in [5.41, 5.74) is 0.444. The molecule has 1 fully saturated rings. The molecule has 22 heavy (non-hydrogen) atoms. The highest BCUT2D eigenvalue weighted by molar-refractivity contribution is 6.02. The molecule has 1 aromatic carbocycles. The number of imide groups is 1. The van der Waals surface area contributed by atoms with Crippen molar-refractivity contribution in [2.24, 2.45) is 0 Å². The van der Waals surface area contributed by atoms with E-state index in [0.29, 0.717) is 5.56 Å². The summed E-state index contributed by atoms with van der Waals surface area (Å²) in [7, 11) is 1.20. The van der Waals surface area contributed by atoms with Gasteiger partial charge in [-0.2, -0.15) is 0 Å². The van der Waals surface area contributed by atoms with Gasteiger partial charge in [-0.15, -0.1) is 0 Å². The molecule has 8 nitrogen and oxygen atoms in total. The normalized spacial score (nSPS) is 17.4. The Hall–Kier alpha value is -2.77. The van der Waals surface area contributed by atoms with Crippen LogP contribution in [0, 0.1) is 10.1 Å². The van der Waals surface area contributed by atoms with Crippen molar-refractivity contribution in [3.63, 3.8) is 0 Å². The van der Waals surface area contributed by atoms with Crippen LogP contribution in [-0.4, -0.2) is 40.8 Å². The second kappa shape index (κ2) is 6.33. The zero-order chi connectivity index (χ0) is 16.3. The Morgan fingerprint density at radius 3 is 2.55 bits per heavy atom. The summed E-state index contributed by atoms with van der Waals surface area (Å²) in [6.07, 6.45) is 0.251. The minimum atomic E-state index is -0.886. The second-order valence-corrected chi connectivity index (χ2v) is 4.84. The van der Waals surface area contributed by atoms with Crippen LogP contribution < -0.4 is 0 Å². The van der Waals surface area contributed by atoms with Crippen LogP contribution in [0.3, 0.4) is 0 Å². The standard InChI is InChI=1S/C14H14N2O6/c1-22-14(19)11-6-7-12(17)15(11)13(18)8-9-2-4-10(5-3-9)16(20)21/h2-5,11H,6-8H2,1H3. The Bertz CT molecular complexity index is 625. The fraction of sp³-hybridized carbons (Fsp3) is 0.357. The molecule has 0 radical (unpaired) electrons. The van der Waals surface area contributed by atoms with Gasteiger partial charge in [-0.25, -0.2) is 4.79 Å². The van der Waals surface area contributed by atoms with Crippen LogP contribution in [0.4, 0.5) is 5.69 Å². The number of nitrogens with zero attached hydrogens (tertiary/aromatic N) is 2. The lowest BCUT2D eigenvalue weighted by atomic mass is 10.1. The fourth-order valence-electron chi connectivity index (χ4n) is 2.35. The lowest BCUT2D eigenvalue weighted by Crippen LogP contribution is -2.44. The predicted octanol–water partition coefficient (Wildman–Crippen LogP) is 0.828. The maximum Gasteiger partial charge on any atom is 0.329 e.